The van der Waals surface area contributed by atoms with E-state index in [-0.39, 0.29) is 0 Å². The van der Waals surface area contributed by atoms with Crippen LogP contribution in [0, 0.1) is 0 Å². The lowest BCUT2D eigenvalue weighted by Crippen LogP contribution is -2.35. The first kappa shape index (κ1) is 44.5. The van der Waals surface area contributed by atoms with Gasteiger partial charge in [-0.05, 0) is 12.8 Å². The molecule has 46 heavy (non-hydrogen) atoms. The van der Waals surface area contributed by atoms with Gasteiger partial charge in [0.25, 0.3) is 0 Å². The van der Waals surface area contributed by atoms with Crippen LogP contribution in [-0.2, 0) is 9.47 Å². The van der Waals surface area contributed by atoms with E-state index in [1.54, 1.807) is 0 Å². The Balaban J connectivity index is 3.25. The van der Waals surface area contributed by atoms with Crippen LogP contribution in [0.25, 0.3) is 0 Å². The van der Waals surface area contributed by atoms with E-state index >= 15 is 0 Å². The van der Waals surface area contributed by atoms with Crippen molar-refractivity contribution in [3.8, 4) is 0 Å². The summed E-state index contributed by atoms with van der Waals surface area (Å²) in [5.41, 5.74) is 0. The molecule has 0 heterocycles. The molecule has 0 radical (unpaired) electrons. The summed E-state index contributed by atoms with van der Waals surface area (Å²) in [6.07, 6.45) is 41.7. The molecule has 0 fully saturated rings. The highest BCUT2D eigenvalue weighted by atomic mass is 16.6. The van der Waals surface area contributed by atoms with Crippen LogP contribution >= 0.6 is 0 Å². The molecule has 0 aliphatic carbocycles. The zero-order chi connectivity index (χ0) is 33.4. The largest absolute Gasteiger partial charge is 0.450 e. The summed E-state index contributed by atoms with van der Waals surface area (Å²) in [6, 6.07) is 0. The second-order valence-electron chi connectivity index (χ2n) is 13.7. The molecule has 2 N–H and O–H groups in total. The number of hydrogen-bond donors (Lipinski definition) is 2. The molecule has 0 saturated heterocycles. The summed E-state index contributed by atoms with van der Waals surface area (Å²) in [5, 5.41) is 5.37. The average molecular weight is 653 g/mol. The lowest BCUT2D eigenvalue weighted by atomic mass is 10.0. The van der Waals surface area contributed by atoms with Gasteiger partial charge in [-0.15, -0.1) is 0 Å². The van der Waals surface area contributed by atoms with Crippen molar-refractivity contribution in [3.05, 3.63) is 0 Å². The lowest BCUT2D eigenvalue weighted by Gasteiger charge is -2.09. The molecule has 0 aromatic rings. The molecule has 0 aromatic heterocycles. The molecule has 0 rings (SSSR count). The molecule has 274 valence electrons. The van der Waals surface area contributed by atoms with E-state index in [9.17, 15) is 9.59 Å². The van der Waals surface area contributed by atoms with Crippen molar-refractivity contribution in [2.24, 2.45) is 0 Å². The summed E-state index contributed by atoms with van der Waals surface area (Å²) < 4.78 is 10.5. The molecule has 0 unspecified atom stereocenters. The number of amides is 2. The van der Waals surface area contributed by atoms with Crippen molar-refractivity contribution in [2.45, 2.75) is 219 Å². The number of carbonyl (C=O) groups excluding carboxylic acids is 2. The van der Waals surface area contributed by atoms with E-state index in [4.69, 9.17) is 9.47 Å². The van der Waals surface area contributed by atoms with Crippen molar-refractivity contribution in [2.75, 3.05) is 26.3 Å². The molecule has 0 aliphatic heterocycles. The van der Waals surface area contributed by atoms with Crippen LogP contribution in [-0.4, -0.2) is 38.5 Å². The first-order valence-electron chi connectivity index (χ1n) is 20.5. The Labute approximate surface area is 287 Å². The Kier molecular flexibility index (Phi) is 38.5. The number of alkyl carbamates (subject to hydrolysis) is 2. The van der Waals surface area contributed by atoms with Crippen LogP contribution in [0.1, 0.15) is 219 Å². The third-order valence-electron chi connectivity index (χ3n) is 9.13. The van der Waals surface area contributed by atoms with E-state index in [0.29, 0.717) is 26.3 Å². The maximum absolute atomic E-state index is 11.8. The highest BCUT2D eigenvalue weighted by molar-refractivity contribution is 5.68. The van der Waals surface area contributed by atoms with Gasteiger partial charge in [0, 0.05) is 13.1 Å². The number of ether oxygens (including phenoxy) is 2. The van der Waals surface area contributed by atoms with Crippen LogP contribution in [0.2, 0.25) is 0 Å². The van der Waals surface area contributed by atoms with Crippen molar-refractivity contribution < 1.29 is 19.1 Å². The zero-order valence-corrected chi connectivity index (χ0v) is 31.1. The number of carbonyl (C=O) groups is 2. The maximum atomic E-state index is 11.8. The van der Waals surface area contributed by atoms with Gasteiger partial charge < -0.3 is 20.1 Å². The first-order chi connectivity index (χ1) is 22.7. The first-order valence-corrected chi connectivity index (χ1v) is 20.5. The van der Waals surface area contributed by atoms with E-state index in [0.717, 1.165) is 25.7 Å². The Bertz CT molecular complexity index is 564. The minimum absolute atomic E-state index is 0.339. The lowest BCUT2D eigenvalue weighted by molar-refractivity contribution is 0.139. The van der Waals surface area contributed by atoms with Crippen LogP contribution in [0.4, 0.5) is 9.59 Å². The second kappa shape index (κ2) is 39.7. The standard InChI is InChI=1S/C40H80N2O4/c1-3-5-7-9-11-13-15-17-19-21-23-25-27-29-31-33-37-45-39(43)41-35-36-42-40(44)46-38-34-32-30-28-26-24-22-20-18-16-14-12-10-8-6-4-2/h3-38H2,1-2H3,(H,41,43)(H,42,44). The summed E-state index contributed by atoms with van der Waals surface area (Å²) in [5.74, 6) is 0. The topological polar surface area (TPSA) is 76.7 Å². The molecular formula is C40H80N2O4. The minimum Gasteiger partial charge on any atom is -0.450 e. The van der Waals surface area contributed by atoms with Gasteiger partial charge in [-0.1, -0.05) is 206 Å². The van der Waals surface area contributed by atoms with Gasteiger partial charge in [0.05, 0.1) is 13.2 Å². The van der Waals surface area contributed by atoms with Crippen molar-refractivity contribution in [1.82, 2.24) is 10.6 Å². The van der Waals surface area contributed by atoms with Crippen molar-refractivity contribution >= 4 is 12.2 Å². The number of nitrogens with one attached hydrogen (secondary N) is 2. The molecule has 0 atom stereocenters. The van der Waals surface area contributed by atoms with Gasteiger partial charge in [-0.2, -0.15) is 0 Å². The van der Waals surface area contributed by atoms with Crippen molar-refractivity contribution in [1.29, 1.82) is 0 Å². The fraction of sp³-hybridized carbons (Fsp3) is 0.950. The highest BCUT2D eigenvalue weighted by Crippen LogP contribution is 2.15. The average Bonchev–Trinajstić information content (AvgIpc) is 3.06. The fourth-order valence-corrected chi connectivity index (χ4v) is 6.06. The summed E-state index contributed by atoms with van der Waals surface area (Å²) in [6.45, 7) is 6.15. The monoisotopic (exact) mass is 653 g/mol. The van der Waals surface area contributed by atoms with Crippen LogP contribution < -0.4 is 10.6 Å². The quantitative estimate of drug-likeness (QED) is 0.0655. The van der Waals surface area contributed by atoms with E-state index in [1.807, 2.05) is 0 Å². The highest BCUT2D eigenvalue weighted by Gasteiger charge is 2.04. The van der Waals surface area contributed by atoms with Gasteiger partial charge in [-0.25, -0.2) is 9.59 Å². The number of unbranched alkanes of at least 4 members (excludes halogenated alkanes) is 30. The van der Waals surface area contributed by atoms with E-state index in [2.05, 4.69) is 24.5 Å². The van der Waals surface area contributed by atoms with Crippen LogP contribution in [0.3, 0.4) is 0 Å². The Morgan fingerprint density at radius 1 is 0.326 bits per heavy atom. The molecule has 2 amide bonds. The predicted molar refractivity (Wildman–Crippen MR) is 198 cm³/mol. The second-order valence-corrected chi connectivity index (χ2v) is 13.7. The summed E-state index contributed by atoms with van der Waals surface area (Å²) in [4.78, 5) is 23.6. The van der Waals surface area contributed by atoms with Gasteiger partial charge in [-0.3, -0.25) is 0 Å². The third-order valence-corrected chi connectivity index (χ3v) is 9.13. The van der Waals surface area contributed by atoms with Gasteiger partial charge in [0.1, 0.15) is 0 Å². The predicted octanol–water partition coefficient (Wildman–Crippen LogP) is 13.0. The number of hydrogen-bond acceptors (Lipinski definition) is 4. The molecule has 6 heteroatoms. The molecule has 0 spiro atoms. The summed E-state index contributed by atoms with van der Waals surface area (Å²) in [7, 11) is 0. The van der Waals surface area contributed by atoms with Gasteiger partial charge >= 0.3 is 12.2 Å². The Morgan fingerprint density at radius 3 is 0.739 bits per heavy atom. The molecule has 0 aliphatic rings. The molecule has 0 aromatic carbocycles. The SMILES string of the molecule is CCCCCCCCCCCCCCCCCCOC(=O)NCCNC(=O)OCCCCCCCCCCCCCCCCCC. The Morgan fingerprint density at radius 2 is 0.522 bits per heavy atom. The van der Waals surface area contributed by atoms with Crippen molar-refractivity contribution in [3.63, 3.8) is 0 Å². The van der Waals surface area contributed by atoms with E-state index in [1.165, 1.54) is 180 Å². The van der Waals surface area contributed by atoms with Crippen LogP contribution in [0.5, 0.6) is 0 Å². The van der Waals surface area contributed by atoms with Gasteiger partial charge in [0.2, 0.25) is 0 Å². The number of rotatable bonds is 37. The van der Waals surface area contributed by atoms with Gasteiger partial charge in [0.15, 0.2) is 0 Å². The van der Waals surface area contributed by atoms with E-state index < -0.39 is 12.2 Å². The van der Waals surface area contributed by atoms with Crippen LogP contribution in [0.15, 0.2) is 0 Å². The third kappa shape index (κ3) is 38.7. The normalized spacial score (nSPS) is 11.1. The molecular weight excluding hydrogens is 572 g/mol. The molecule has 6 nitrogen and oxygen atoms in total. The minimum atomic E-state index is -0.413. The zero-order valence-electron chi connectivity index (χ0n) is 31.1. The Hall–Kier alpha value is -1.46. The molecule has 0 saturated carbocycles. The summed E-state index contributed by atoms with van der Waals surface area (Å²) >= 11 is 0. The molecule has 0 bridgehead atoms. The smallest absolute Gasteiger partial charge is 0.407 e. The maximum Gasteiger partial charge on any atom is 0.407 e. The fourth-order valence-electron chi connectivity index (χ4n) is 6.06.